The molecule has 0 bridgehead atoms. The maximum atomic E-state index is 12.8. The summed E-state index contributed by atoms with van der Waals surface area (Å²) in [5.74, 6) is -0.768. The SMILES string of the molecule is CC(C)(OC(=O)Nc1ccc2c(c1)NC[C@H](C[C@@](C)(CO)C(=O)O)O2)C(F)(F)F. The van der Waals surface area contributed by atoms with Crippen molar-refractivity contribution in [3.63, 3.8) is 0 Å². The second-order valence-corrected chi connectivity index (χ2v) is 7.58. The molecule has 0 fully saturated rings. The number of alkyl halides is 3. The smallest absolute Gasteiger partial charge is 0.427 e. The Bertz CT molecular complexity index is 783. The Hall–Kier alpha value is -2.69. The third kappa shape index (κ3) is 5.22. The average molecular weight is 420 g/mol. The number of nitrogens with one attached hydrogen (secondary N) is 2. The summed E-state index contributed by atoms with van der Waals surface area (Å²) in [5.41, 5.74) is -3.36. The summed E-state index contributed by atoms with van der Waals surface area (Å²) in [6, 6.07) is 4.35. The number of rotatable bonds is 6. The molecule has 0 aromatic heterocycles. The van der Waals surface area contributed by atoms with Gasteiger partial charge in [0, 0.05) is 12.1 Å². The summed E-state index contributed by atoms with van der Waals surface area (Å²) in [7, 11) is 0. The zero-order valence-electron chi connectivity index (χ0n) is 16.1. The van der Waals surface area contributed by atoms with Crippen LogP contribution in [0.25, 0.3) is 0 Å². The highest BCUT2D eigenvalue weighted by Crippen LogP contribution is 2.36. The van der Waals surface area contributed by atoms with Crippen LogP contribution in [-0.4, -0.2) is 53.3 Å². The number of carboxylic acids is 1. The molecule has 2 atom stereocenters. The fourth-order valence-electron chi connectivity index (χ4n) is 2.56. The molecule has 1 heterocycles. The zero-order chi connectivity index (χ0) is 22.0. The largest absolute Gasteiger partial charge is 0.486 e. The molecule has 1 aromatic carbocycles. The minimum atomic E-state index is -4.72. The van der Waals surface area contributed by atoms with E-state index in [0.717, 1.165) is 13.8 Å². The standard InChI is InChI=1S/C18H23F3N2O6/c1-16(2,18(19,20)21)29-15(27)23-10-4-5-13-12(6-10)22-8-11(28-13)7-17(3,9-24)14(25)26/h4-6,11,22,24H,7-9H2,1-3H3,(H,23,27)(H,25,26)/t11-,17-/m0/s1. The second-order valence-electron chi connectivity index (χ2n) is 7.58. The third-order valence-corrected chi connectivity index (χ3v) is 4.61. The van der Waals surface area contributed by atoms with Gasteiger partial charge in [-0.05, 0) is 39.0 Å². The molecule has 0 aliphatic carbocycles. The quantitative estimate of drug-likeness (QED) is 0.558. The molecule has 0 saturated heterocycles. The Labute approximate surface area is 165 Å². The summed E-state index contributed by atoms with van der Waals surface area (Å²) in [6.45, 7) is 2.59. The van der Waals surface area contributed by atoms with Crippen molar-refractivity contribution in [3.8, 4) is 5.75 Å². The van der Waals surface area contributed by atoms with Gasteiger partial charge in [0.1, 0.15) is 11.9 Å². The van der Waals surface area contributed by atoms with Crippen molar-refractivity contribution in [2.75, 3.05) is 23.8 Å². The normalized spacial score (nSPS) is 18.5. The van der Waals surface area contributed by atoms with Gasteiger partial charge in [-0.1, -0.05) is 0 Å². The number of aliphatic carboxylic acids is 1. The fraction of sp³-hybridized carbons (Fsp3) is 0.556. The Kier molecular flexibility index (Phi) is 6.21. The van der Waals surface area contributed by atoms with Crippen LogP contribution in [0.4, 0.5) is 29.3 Å². The van der Waals surface area contributed by atoms with Gasteiger partial charge in [0.15, 0.2) is 0 Å². The molecule has 0 spiro atoms. The third-order valence-electron chi connectivity index (χ3n) is 4.61. The number of aliphatic hydroxyl groups excluding tert-OH is 1. The number of carboxylic acid groups (broad SMARTS) is 1. The maximum Gasteiger partial charge on any atom is 0.427 e. The van der Waals surface area contributed by atoms with E-state index in [1.54, 1.807) is 0 Å². The molecule has 1 aromatic rings. The first kappa shape index (κ1) is 22.6. The van der Waals surface area contributed by atoms with Gasteiger partial charge >= 0.3 is 18.2 Å². The van der Waals surface area contributed by atoms with E-state index < -0.39 is 42.0 Å². The number of hydrogen-bond acceptors (Lipinski definition) is 6. The van der Waals surface area contributed by atoms with Crippen molar-refractivity contribution < 1.29 is 42.4 Å². The van der Waals surface area contributed by atoms with Gasteiger partial charge in [-0.3, -0.25) is 10.1 Å². The molecule has 0 saturated carbocycles. The van der Waals surface area contributed by atoms with E-state index in [9.17, 15) is 33.0 Å². The van der Waals surface area contributed by atoms with Crippen LogP contribution in [0.3, 0.4) is 0 Å². The first-order valence-electron chi connectivity index (χ1n) is 8.73. The molecular formula is C18H23F3N2O6. The van der Waals surface area contributed by atoms with Gasteiger partial charge in [-0.25, -0.2) is 4.79 Å². The highest BCUT2D eigenvalue weighted by atomic mass is 19.4. The summed E-state index contributed by atoms with van der Waals surface area (Å²) < 4.78 is 48.6. The summed E-state index contributed by atoms with van der Waals surface area (Å²) in [6.07, 6.45) is -6.44. The van der Waals surface area contributed by atoms with E-state index in [1.807, 2.05) is 0 Å². The van der Waals surface area contributed by atoms with E-state index in [-0.39, 0.29) is 18.7 Å². The molecule has 1 amide bonds. The molecule has 1 aliphatic heterocycles. The molecule has 162 valence electrons. The monoisotopic (exact) mass is 420 g/mol. The van der Waals surface area contributed by atoms with E-state index >= 15 is 0 Å². The molecule has 1 aliphatic rings. The van der Waals surface area contributed by atoms with Crippen LogP contribution in [0.5, 0.6) is 5.75 Å². The Morgan fingerprint density at radius 3 is 2.52 bits per heavy atom. The van der Waals surface area contributed by atoms with Crippen molar-refractivity contribution in [1.29, 1.82) is 0 Å². The number of fused-ring (bicyclic) bond motifs is 1. The van der Waals surface area contributed by atoms with Crippen molar-refractivity contribution >= 4 is 23.4 Å². The first-order chi connectivity index (χ1) is 13.3. The minimum absolute atomic E-state index is 0.0596. The van der Waals surface area contributed by atoms with Gasteiger partial charge < -0.3 is 25.0 Å². The van der Waals surface area contributed by atoms with E-state index in [2.05, 4.69) is 15.4 Å². The van der Waals surface area contributed by atoms with E-state index in [1.165, 1.54) is 25.1 Å². The molecule has 2 rings (SSSR count). The van der Waals surface area contributed by atoms with E-state index in [0.29, 0.717) is 11.4 Å². The molecule has 8 nitrogen and oxygen atoms in total. The predicted octanol–water partition coefficient (Wildman–Crippen LogP) is 3.22. The number of halogens is 3. The average Bonchev–Trinajstić information content (AvgIpc) is 2.60. The lowest BCUT2D eigenvalue weighted by Crippen LogP contribution is -2.44. The molecule has 0 radical (unpaired) electrons. The van der Waals surface area contributed by atoms with Crippen LogP contribution in [0, 0.1) is 5.41 Å². The predicted molar refractivity (Wildman–Crippen MR) is 97.0 cm³/mol. The number of carbonyl (C=O) groups is 2. The number of amides is 1. The zero-order valence-corrected chi connectivity index (χ0v) is 16.1. The van der Waals surface area contributed by atoms with Crippen LogP contribution in [0.1, 0.15) is 27.2 Å². The number of anilines is 2. The van der Waals surface area contributed by atoms with Crippen molar-refractivity contribution in [2.24, 2.45) is 5.41 Å². The molecule has 11 heteroatoms. The molecule has 0 unspecified atom stereocenters. The Morgan fingerprint density at radius 2 is 1.97 bits per heavy atom. The van der Waals surface area contributed by atoms with Gasteiger partial charge in [-0.2, -0.15) is 13.2 Å². The number of benzene rings is 1. The van der Waals surface area contributed by atoms with Gasteiger partial charge in [0.25, 0.3) is 0 Å². The Balaban J connectivity index is 2.03. The summed E-state index contributed by atoms with van der Waals surface area (Å²) in [5, 5.41) is 23.8. The maximum absolute atomic E-state index is 12.8. The van der Waals surface area contributed by atoms with Crippen LogP contribution in [0.15, 0.2) is 18.2 Å². The van der Waals surface area contributed by atoms with Gasteiger partial charge in [0.05, 0.1) is 24.3 Å². The summed E-state index contributed by atoms with van der Waals surface area (Å²) >= 11 is 0. The van der Waals surface area contributed by atoms with Crippen LogP contribution < -0.4 is 15.4 Å². The van der Waals surface area contributed by atoms with Gasteiger partial charge in [-0.15, -0.1) is 0 Å². The van der Waals surface area contributed by atoms with Crippen molar-refractivity contribution in [3.05, 3.63) is 18.2 Å². The van der Waals surface area contributed by atoms with Crippen molar-refractivity contribution in [2.45, 2.75) is 45.1 Å². The van der Waals surface area contributed by atoms with E-state index in [4.69, 9.17) is 4.74 Å². The highest BCUT2D eigenvalue weighted by molar-refractivity contribution is 5.86. The molecular weight excluding hydrogens is 397 g/mol. The van der Waals surface area contributed by atoms with Crippen LogP contribution in [-0.2, 0) is 9.53 Å². The number of aliphatic hydroxyl groups is 1. The highest BCUT2D eigenvalue weighted by Gasteiger charge is 2.51. The van der Waals surface area contributed by atoms with Crippen LogP contribution >= 0.6 is 0 Å². The number of carbonyl (C=O) groups excluding carboxylic acids is 1. The lowest BCUT2D eigenvalue weighted by Gasteiger charge is -2.32. The lowest BCUT2D eigenvalue weighted by molar-refractivity contribution is -0.242. The second kappa shape index (κ2) is 7.97. The lowest BCUT2D eigenvalue weighted by atomic mass is 9.85. The number of hydrogen-bond donors (Lipinski definition) is 4. The summed E-state index contributed by atoms with van der Waals surface area (Å²) in [4.78, 5) is 23.1. The fourth-order valence-corrected chi connectivity index (χ4v) is 2.56. The minimum Gasteiger partial charge on any atom is -0.486 e. The Morgan fingerprint density at radius 1 is 1.31 bits per heavy atom. The molecule has 4 N–H and O–H groups in total. The first-order valence-corrected chi connectivity index (χ1v) is 8.73. The van der Waals surface area contributed by atoms with Crippen LogP contribution in [0.2, 0.25) is 0 Å². The number of ether oxygens (including phenoxy) is 2. The molecule has 29 heavy (non-hydrogen) atoms. The van der Waals surface area contributed by atoms with Gasteiger partial charge in [0.2, 0.25) is 5.60 Å². The van der Waals surface area contributed by atoms with Crippen molar-refractivity contribution in [1.82, 2.24) is 0 Å². The topological polar surface area (TPSA) is 117 Å².